The quantitative estimate of drug-likeness (QED) is 0.391. The number of aromatic nitrogens is 2. The maximum Gasteiger partial charge on any atom is 0.306 e. The molecule has 0 aliphatic heterocycles. The van der Waals surface area contributed by atoms with Crippen molar-refractivity contribution in [3.8, 4) is 0 Å². The molecule has 1 unspecified atom stereocenters. The van der Waals surface area contributed by atoms with Crippen molar-refractivity contribution in [2.75, 3.05) is 5.75 Å². The monoisotopic (exact) mass is 410 g/mol. The molecule has 1 N–H and O–H groups in total. The second-order valence-corrected chi connectivity index (χ2v) is 9.03. The molecule has 0 saturated heterocycles. The van der Waals surface area contributed by atoms with Crippen LogP contribution in [0.3, 0.4) is 0 Å². The van der Waals surface area contributed by atoms with Crippen LogP contribution in [0.15, 0.2) is 53.0 Å². The molecule has 0 spiro atoms. The van der Waals surface area contributed by atoms with Crippen molar-refractivity contribution in [3.05, 3.63) is 59.0 Å². The van der Waals surface area contributed by atoms with Crippen molar-refractivity contribution >= 4 is 50.2 Å². The van der Waals surface area contributed by atoms with Gasteiger partial charge in [0, 0.05) is 15.8 Å². The highest BCUT2D eigenvalue weighted by molar-refractivity contribution is 7.99. The number of para-hydroxylation sites is 2. The minimum atomic E-state index is -0.741. The number of rotatable bonds is 7. The Bertz CT molecular complexity index is 1150. The summed E-state index contributed by atoms with van der Waals surface area (Å²) >= 11 is 3.42. The third kappa shape index (κ3) is 3.66. The van der Waals surface area contributed by atoms with Gasteiger partial charge in [-0.05, 0) is 48.1 Å². The molecule has 0 fully saturated rings. The predicted octanol–water partition coefficient (Wildman–Crippen LogP) is 5.81. The van der Waals surface area contributed by atoms with Gasteiger partial charge in [-0.2, -0.15) is 0 Å². The van der Waals surface area contributed by atoms with Crippen LogP contribution in [0.1, 0.15) is 24.5 Å². The number of thiophene rings is 1. The number of aliphatic carboxylic acids is 1. The topological polar surface area (TPSA) is 55.1 Å². The van der Waals surface area contributed by atoms with E-state index >= 15 is 0 Å². The Balaban J connectivity index is 1.68. The Morgan fingerprint density at radius 3 is 2.89 bits per heavy atom. The van der Waals surface area contributed by atoms with Gasteiger partial charge in [0.05, 0.1) is 23.5 Å². The highest BCUT2D eigenvalue weighted by Gasteiger charge is 2.16. The van der Waals surface area contributed by atoms with Crippen molar-refractivity contribution in [2.45, 2.75) is 32.0 Å². The average Bonchev–Trinajstić information content (AvgIpc) is 3.25. The van der Waals surface area contributed by atoms with Crippen LogP contribution in [0.25, 0.3) is 21.1 Å². The summed E-state index contributed by atoms with van der Waals surface area (Å²) in [5.41, 5.74) is 4.70. The number of thioether (sulfide) groups is 1. The van der Waals surface area contributed by atoms with Gasteiger partial charge in [0.1, 0.15) is 0 Å². The normalized spacial score (nSPS) is 12.6. The Hall–Kier alpha value is -2.31. The first-order valence-corrected chi connectivity index (χ1v) is 11.2. The first-order chi connectivity index (χ1) is 13.5. The summed E-state index contributed by atoms with van der Waals surface area (Å²) in [4.78, 5) is 15.9. The van der Waals surface area contributed by atoms with Gasteiger partial charge < -0.3 is 9.67 Å². The lowest BCUT2D eigenvalue weighted by Crippen LogP contribution is -2.10. The standard InChI is InChI=1S/C22H22N2O2S2/c1-14-6-5-9-19-20(14)16(13-28-19)12-24-18-8-4-3-7-17(18)23-22(24)27-11-10-15(2)21(25)26/h3-9,13,15H,10-12H2,1-2H3,(H,25,26). The molecule has 4 nitrogen and oxygen atoms in total. The molecule has 2 heterocycles. The van der Waals surface area contributed by atoms with E-state index in [9.17, 15) is 4.79 Å². The number of nitrogens with zero attached hydrogens (tertiary/aromatic N) is 2. The fourth-order valence-corrected chi connectivity index (χ4v) is 5.56. The molecule has 0 amide bonds. The van der Waals surface area contributed by atoms with E-state index in [-0.39, 0.29) is 5.92 Å². The van der Waals surface area contributed by atoms with Crippen molar-refractivity contribution in [1.29, 1.82) is 0 Å². The Morgan fingerprint density at radius 2 is 2.07 bits per heavy atom. The molecule has 0 aliphatic rings. The van der Waals surface area contributed by atoms with Gasteiger partial charge >= 0.3 is 5.97 Å². The zero-order valence-corrected chi connectivity index (χ0v) is 17.5. The summed E-state index contributed by atoms with van der Waals surface area (Å²) in [5.74, 6) is -0.344. The number of benzene rings is 2. The smallest absolute Gasteiger partial charge is 0.306 e. The zero-order chi connectivity index (χ0) is 19.7. The highest BCUT2D eigenvalue weighted by Crippen LogP contribution is 2.32. The van der Waals surface area contributed by atoms with Crippen LogP contribution in [0.2, 0.25) is 0 Å². The lowest BCUT2D eigenvalue weighted by molar-refractivity contribution is -0.141. The van der Waals surface area contributed by atoms with E-state index in [1.807, 2.05) is 18.2 Å². The second-order valence-electron chi connectivity index (χ2n) is 7.05. The molecule has 4 aromatic rings. The van der Waals surface area contributed by atoms with Gasteiger partial charge in [0.15, 0.2) is 5.16 Å². The molecule has 28 heavy (non-hydrogen) atoms. The summed E-state index contributed by atoms with van der Waals surface area (Å²) in [6.45, 7) is 4.68. The number of hydrogen-bond donors (Lipinski definition) is 1. The number of aryl methyl sites for hydroxylation is 1. The molecule has 6 heteroatoms. The lowest BCUT2D eigenvalue weighted by atomic mass is 10.1. The van der Waals surface area contributed by atoms with Crippen LogP contribution < -0.4 is 0 Å². The first kappa shape index (κ1) is 19.0. The van der Waals surface area contributed by atoms with E-state index in [1.165, 1.54) is 21.2 Å². The van der Waals surface area contributed by atoms with Gasteiger partial charge in [-0.1, -0.05) is 43.0 Å². The van der Waals surface area contributed by atoms with Crippen LogP contribution in [0, 0.1) is 12.8 Å². The molecule has 0 bridgehead atoms. The number of imidazole rings is 1. The van der Waals surface area contributed by atoms with E-state index in [0.29, 0.717) is 6.42 Å². The van der Waals surface area contributed by atoms with Gasteiger partial charge in [0.2, 0.25) is 0 Å². The van der Waals surface area contributed by atoms with E-state index in [1.54, 1.807) is 30.0 Å². The SMILES string of the molecule is Cc1cccc2scc(Cn3c(SCCC(C)C(=O)O)nc4ccccc43)c12. The first-order valence-electron chi connectivity index (χ1n) is 9.31. The maximum absolute atomic E-state index is 11.1. The summed E-state index contributed by atoms with van der Waals surface area (Å²) in [7, 11) is 0. The van der Waals surface area contributed by atoms with Crippen LogP contribution in [-0.4, -0.2) is 26.4 Å². The average molecular weight is 411 g/mol. The minimum absolute atomic E-state index is 0.339. The highest BCUT2D eigenvalue weighted by atomic mass is 32.2. The summed E-state index contributed by atoms with van der Waals surface area (Å²) in [6, 6.07) is 14.6. The zero-order valence-electron chi connectivity index (χ0n) is 15.9. The number of carbonyl (C=O) groups is 1. The van der Waals surface area contributed by atoms with Gasteiger partial charge in [0.25, 0.3) is 0 Å². The summed E-state index contributed by atoms with van der Waals surface area (Å²) in [6.07, 6.45) is 0.629. The second kappa shape index (κ2) is 7.97. The molecule has 1 atom stereocenters. The van der Waals surface area contributed by atoms with Crippen LogP contribution in [0.4, 0.5) is 0 Å². The third-order valence-corrected chi connectivity index (χ3v) is 7.04. The molecule has 0 radical (unpaired) electrons. The molecular formula is C22H22N2O2S2. The largest absolute Gasteiger partial charge is 0.481 e. The maximum atomic E-state index is 11.1. The van der Waals surface area contributed by atoms with Crippen molar-refractivity contribution in [1.82, 2.24) is 9.55 Å². The van der Waals surface area contributed by atoms with E-state index in [0.717, 1.165) is 28.5 Å². The molecule has 2 aromatic heterocycles. The summed E-state index contributed by atoms with van der Waals surface area (Å²) < 4.78 is 3.57. The van der Waals surface area contributed by atoms with Gasteiger partial charge in [-0.15, -0.1) is 11.3 Å². The number of fused-ring (bicyclic) bond motifs is 2. The van der Waals surface area contributed by atoms with Crippen molar-refractivity contribution in [2.24, 2.45) is 5.92 Å². The van der Waals surface area contributed by atoms with E-state index in [2.05, 4.69) is 41.1 Å². The van der Waals surface area contributed by atoms with E-state index in [4.69, 9.17) is 10.1 Å². The Morgan fingerprint density at radius 1 is 1.25 bits per heavy atom. The van der Waals surface area contributed by atoms with Crippen molar-refractivity contribution < 1.29 is 9.90 Å². The minimum Gasteiger partial charge on any atom is -0.481 e. The lowest BCUT2D eigenvalue weighted by Gasteiger charge is -2.10. The third-order valence-electron chi connectivity index (χ3n) is 5.04. The number of carboxylic acid groups (broad SMARTS) is 1. The molecular weight excluding hydrogens is 388 g/mol. The molecule has 4 rings (SSSR count). The fourth-order valence-electron chi connectivity index (χ4n) is 3.40. The van der Waals surface area contributed by atoms with Crippen LogP contribution >= 0.6 is 23.1 Å². The predicted molar refractivity (Wildman–Crippen MR) is 118 cm³/mol. The van der Waals surface area contributed by atoms with Crippen LogP contribution in [-0.2, 0) is 11.3 Å². The van der Waals surface area contributed by atoms with Crippen molar-refractivity contribution in [3.63, 3.8) is 0 Å². The fraction of sp³-hybridized carbons (Fsp3) is 0.273. The van der Waals surface area contributed by atoms with Gasteiger partial charge in [-0.3, -0.25) is 4.79 Å². The molecule has 2 aromatic carbocycles. The molecule has 144 valence electrons. The molecule has 0 aliphatic carbocycles. The van der Waals surface area contributed by atoms with E-state index < -0.39 is 5.97 Å². The summed E-state index contributed by atoms with van der Waals surface area (Å²) in [5, 5.41) is 13.6. The Kier molecular flexibility index (Phi) is 5.42. The molecule has 0 saturated carbocycles. The Labute approximate surface area is 172 Å². The number of carboxylic acids is 1. The van der Waals surface area contributed by atoms with Gasteiger partial charge in [-0.25, -0.2) is 4.98 Å². The van der Waals surface area contributed by atoms with Crippen LogP contribution in [0.5, 0.6) is 0 Å². The number of hydrogen-bond acceptors (Lipinski definition) is 4.